The van der Waals surface area contributed by atoms with Crippen molar-refractivity contribution < 1.29 is 14.3 Å². The molecule has 0 unspecified atom stereocenters. The molecule has 0 saturated carbocycles. The summed E-state index contributed by atoms with van der Waals surface area (Å²) in [6.07, 6.45) is 5.60. The molecule has 1 aliphatic rings. The van der Waals surface area contributed by atoms with E-state index in [0.29, 0.717) is 6.42 Å². The van der Waals surface area contributed by atoms with Crippen LogP contribution in [0.15, 0.2) is 0 Å². The molecule has 1 rings (SSSR count). The molecule has 0 aromatic rings. The molecule has 3 heteroatoms. The van der Waals surface area contributed by atoms with E-state index in [1.54, 1.807) is 0 Å². The number of carbonyl (C=O) groups excluding carboxylic acids is 2. The molecular weight excluding hydrogens is 180 g/mol. The second-order valence-electron chi connectivity index (χ2n) is 3.97. The van der Waals surface area contributed by atoms with Crippen LogP contribution in [-0.4, -0.2) is 17.9 Å². The summed E-state index contributed by atoms with van der Waals surface area (Å²) in [7, 11) is 0. The molecule has 14 heavy (non-hydrogen) atoms. The molecule has 0 N–H and O–H groups in total. The zero-order valence-electron chi connectivity index (χ0n) is 8.75. The van der Waals surface area contributed by atoms with E-state index in [9.17, 15) is 9.59 Å². The maximum atomic E-state index is 11.2. The van der Waals surface area contributed by atoms with E-state index < -0.39 is 0 Å². The normalized spacial score (nSPS) is 26.5. The average Bonchev–Trinajstić information content (AvgIpc) is 2.11. The Kier molecular flexibility index (Phi) is 4.63. The van der Waals surface area contributed by atoms with Crippen molar-refractivity contribution in [2.75, 3.05) is 0 Å². The molecule has 80 valence electrons. The highest BCUT2D eigenvalue weighted by atomic mass is 16.5. The van der Waals surface area contributed by atoms with Gasteiger partial charge in [-0.25, -0.2) is 0 Å². The number of hydrogen-bond donors (Lipinski definition) is 0. The number of hydrogen-bond acceptors (Lipinski definition) is 3. The van der Waals surface area contributed by atoms with E-state index in [1.165, 1.54) is 0 Å². The van der Waals surface area contributed by atoms with Crippen molar-refractivity contribution >= 4 is 11.8 Å². The van der Waals surface area contributed by atoms with Crippen molar-refractivity contribution in [2.24, 2.45) is 0 Å². The van der Waals surface area contributed by atoms with E-state index in [4.69, 9.17) is 4.74 Å². The standard InChI is InChI=1S/C11H18O3/c1-9-6-4-2-3-5-7-10(12)8-11(13)14-9/h9H,2-8H2,1H3/t9-/m1/s1. The van der Waals surface area contributed by atoms with Gasteiger partial charge in [0, 0.05) is 6.42 Å². The first-order valence-corrected chi connectivity index (χ1v) is 5.39. The smallest absolute Gasteiger partial charge is 0.313 e. The summed E-state index contributed by atoms with van der Waals surface area (Å²) in [6, 6.07) is 0. The minimum Gasteiger partial charge on any atom is -0.462 e. The maximum absolute atomic E-state index is 11.2. The third-order valence-corrected chi connectivity index (χ3v) is 2.49. The van der Waals surface area contributed by atoms with Crippen molar-refractivity contribution in [3.05, 3.63) is 0 Å². The molecule has 0 aromatic heterocycles. The molecule has 0 aromatic carbocycles. The van der Waals surface area contributed by atoms with Gasteiger partial charge in [0.2, 0.25) is 0 Å². The Morgan fingerprint density at radius 3 is 2.64 bits per heavy atom. The van der Waals surface area contributed by atoms with Crippen LogP contribution in [0.5, 0.6) is 0 Å². The number of ketones is 1. The lowest BCUT2D eigenvalue weighted by molar-refractivity contribution is -0.150. The topological polar surface area (TPSA) is 43.4 Å². The highest BCUT2D eigenvalue weighted by Gasteiger charge is 2.14. The summed E-state index contributed by atoms with van der Waals surface area (Å²) >= 11 is 0. The predicted octanol–water partition coefficient (Wildman–Crippen LogP) is 2.23. The zero-order chi connectivity index (χ0) is 10.4. The fourth-order valence-electron chi connectivity index (χ4n) is 1.68. The Balaban J connectivity index is 2.44. The summed E-state index contributed by atoms with van der Waals surface area (Å²) in [5, 5.41) is 0. The van der Waals surface area contributed by atoms with Crippen molar-refractivity contribution in [1.29, 1.82) is 0 Å². The van der Waals surface area contributed by atoms with Gasteiger partial charge in [0.1, 0.15) is 12.2 Å². The van der Waals surface area contributed by atoms with Crippen LogP contribution >= 0.6 is 0 Å². The molecule has 1 atom stereocenters. The first-order valence-electron chi connectivity index (χ1n) is 5.39. The number of rotatable bonds is 0. The number of esters is 1. The molecular formula is C11H18O3. The fraction of sp³-hybridized carbons (Fsp3) is 0.818. The van der Waals surface area contributed by atoms with Gasteiger partial charge in [-0.1, -0.05) is 12.8 Å². The largest absolute Gasteiger partial charge is 0.462 e. The number of carbonyl (C=O) groups is 2. The van der Waals surface area contributed by atoms with Gasteiger partial charge in [0.05, 0.1) is 6.10 Å². The molecule has 1 heterocycles. The first kappa shape index (κ1) is 11.2. The molecule has 0 amide bonds. The monoisotopic (exact) mass is 198 g/mol. The third kappa shape index (κ3) is 4.40. The van der Waals surface area contributed by atoms with Crippen LogP contribution < -0.4 is 0 Å². The van der Waals surface area contributed by atoms with Gasteiger partial charge in [0.25, 0.3) is 0 Å². The summed E-state index contributed by atoms with van der Waals surface area (Å²) in [5.41, 5.74) is 0. The van der Waals surface area contributed by atoms with Crippen LogP contribution in [0.3, 0.4) is 0 Å². The highest BCUT2D eigenvalue weighted by molar-refractivity contribution is 5.95. The molecule has 1 fully saturated rings. The van der Waals surface area contributed by atoms with Crippen LogP contribution in [0.4, 0.5) is 0 Å². The van der Waals surface area contributed by atoms with E-state index in [-0.39, 0.29) is 24.3 Å². The lowest BCUT2D eigenvalue weighted by Gasteiger charge is -2.11. The Labute approximate surface area is 84.8 Å². The second-order valence-corrected chi connectivity index (χ2v) is 3.97. The number of cyclic esters (lactones) is 1. The Hall–Kier alpha value is -0.860. The van der Waals surface area contributed by atoms with Gasteiger partial charge in [0.15, 0.2) is 0 Å². The molecule has 0 spiro atoms. The van der Waals surface area contributed by atoms with Gasteiger partial charge in [-0.05, 0) is 26.2 Å². The molecule has 0 radical (unpaired) electrons. The van der Waals surface area contributed by atoms with E-state index in [2.05, 4.69) is 0 Å². The molecule has 1 aliphatic heterocycles. The van der Waals surface area contributed by atoms with Crippen LogP contribution in [0.25, 0.3) is 0 Å². The second kappa shape index (κ2) is 5.78. The van der Waals surface area contributed by atoms with Crippen LogP contribution in [0.1, 0.15) is 51.9 Å². The van der Waals surface area contributed by atoms with Crippen molar-refractivity contribution in [3.8, 4) is 0 Å². The van der Waals surface area contributed by atoms with Crippen LogP contribution in [0.2, 0.25) is 0 Å². The van der Waals surface area contributed by atoms with Crippen molar-refractivity contribution in [3.63, 3.8) is 0 Å². The SMILES string of the molecule is C[C@@H]1CCCCCCC(=O)CC(=O)O1. The summed E-state index contributed by atoms with van der Waals surface area (Å²) in [4.78, 5) is 22.4. The molecule has 3 nitrogen and oxygen atoms in total. The average molecular weight is 198 g/mol. The lowest BCUT2D eigenvalue weighted by Crippen LogP contribution is -2.17. The Bertz CT molecular complexity index is 211. The molecule has 0 aliphatic carbocycles. The fourth-order valence-corrected chi connectivity index (χ4v) is 1.68. The minimum atomic E-state index is -0.357. The molecule has 0 bridgehead atoms. The van der Waals surface area contributed by atoms with Gasteiger partial charge in [-0.15, -0.1) is 0 Å². The number of ether oxygens (including phenoxy) is 1. The van der Waals surface area contributed by atoms with Crippen LogP contribution in [-0.2, 0) is 14.3 Å². The lowest BCUT2D eigenvalue weighted by atomic mass is 10.1. The first-order chi connectivity index (χ1) is 6.68. The van der Waals surface area contributed by atoms with E-state index in [1.807, 2.05) is 6.92 Å². The van der Waals surface area contributed by atoms with E-state index >= 15 is 0 Å². The van der Waals surface area contributed by atoms with Gasteiger partial charge in [-0.2, -0.15) is 0 Å². The van der Waals surface area contributed by atoms with E-state index in [0.717, 1.165) is 32.1 Å². The quantitative estimate of drug-likeness (QED) is 0.443. The maximum Gasteiger partial charge on any atom is 0.313 e. The zero-order valence-corrected chi connectivity index (χ0v) is 8.75. The van der Waals surface area contributed by atoms with Gasteiger partial charge >= 0.3 is 5.97 Å². The van der Waals surface area contributed by atoms with Crippen LogP contribution in [0, 0.1) is 0 Å². The van der Waals surface area contributed by atoms with Crippen molar-refractivity contribution in [2.45, 2.75) is 58.0 Å². The summed E-state index contributed by atoms with van der Waals surface area (Å²) in [6.45, 7) is 1.89. The summed E-state index contributed by atoms with van der Waals surface area (Å²) in [5.74, 6) is -0.339. The predicted molar refractivity (Wildman–Crippen MR) is 52.9 cm³/mol. The molecule has 1 saturated heterocycles. The third-order valence-electron chi connectivity index (χ3n) is 2.49. The van der Waals surface area contributed by atoms with Gasteiger partial charge in [-0.3, -0.25) is 9.59 Å². The Morgan fingerprint density at radius 1 is 1.14 bits per heavy atom. The summed E-state index contributed by atoms with van der Waals surface area (Å²) < 4.78 is 5.09. The van der Waals surface area contributed by atoms with Gasteiger partial charge < -0.3 is 4.74 Å². The minimum absolute atomic E-state index is 0.0177. The van der Waals surface area contributed by atoms with Crippen molar-refractivity contribution in [1.82, 2.24) is 0 Å². The highest BCUT2D eigenvalue weighted by Crippen LogP contribution is 2.12. The number of Topliss-reactive ketones (excluding diaryl/α,β-unsaturated/α-hetero) is 1. The Morgan fingerprint density at radius 2 is 1.86 bits per heavy atom.